The molecule has 0 bridgehead atoms. The first-order valence-electron chi connectivity index (χ1n) is 13.6. The highest BCUT2D eigenvalue weighted by Crippen LogP contribution is 2.45. The topological polar surface area (TPSA) is 92.6 Å². The summed E-state index contributed by atoms with van der Waals surface area (Å²) in [6.07, 6.45) is 0.734. The van der Waals surface area contributed by atoms with Gasteiger partial charge >= 0.3 is 5.91 Å². The van der Waals surface area contributed by atoms with Gasteiger partial charge in [0, 0.05) is 22.8 Å². The van der Waals surface area contributed by atoms with Crippen molar-refractivity contribution in [2.24, 2.45) is 0 Å². The van der Waals surface area contributed by atoms with Crippen LogP contribution >= 0.6 is 34.7 Å². The largest absolute Gasteiger partial charge is 0.507 e. The number of nitrogens with zero attached hydrogens (tertiary/aromatic N) is 3. The Morgan fingerprint density at radius 1 is 1.10 bits per heavy atom. The maximum atomic E-state index is 13.6. The number of benzene rings is 3. The van der Waals surface area contributed by atoms with E-state index in [2.05, 4.69) is 24.0 Å². The third kappa shape index (κ3) is 5.44. The Morgan fingerprint density at radius 2 is 1.83 bits per heavy atom. The summed E-state index contributed by atoms with van der Waals surface area (Å²) in [4.78, 5) is 28.6. The van der Waals surface area contributed by atoms with Crippen LogP contribution in [-0.2, 0) is 21.8 Å². The minimum absolute atomic E-state index is 0.0229. The number of carbonyl (C=O) groups is 2. The van der Waals surface area contributed by atoms with Crippen molar-refractivity contribution in [2.45, 2.75) is 55.3 Å². The number of rotatable bonds is 7. The van der Waals surface area contributed by atoms with Crippen molar-refractivity contribution >= 4 is 57.3 Å². The summed E-state index contributed by atoms with van der Waals surface area (Å²) in [5.41, 5.74) is 4.33. The normalized spacial score (nSPS) is 19.4. The summed E-state index contributed by atoms with van der Waals surface area (Å²) in [7, 11) is 0. The zero-order chi connectivity index (χ0) is 29.5. The number of hydrogen-bond acceptors (Lipinski definition) is 8. The summed E-state index contributed by atoms with van der Waals surface area (Å²) >= 11 is 8.72. The fourth-order valence-electron chi connectivity index (χ4n) is 5.22. The van der Waals surface area contributed by atoms with Gasteiger partial charge in [0.25, 0.3) is 5.78 Å². The Hall–Kier alpha value is -3.66. The second-order valence-corrected chi connectivity index (χ2v) is 13.3. The first-order valence-corrected chi connectivity index (χ1v) is 15.8. The molecule has 1 aromatic heterocycles. The molecule has 4 aromatic rings. The van der Waals surface area contributed by atoms with Gasteiger partial charge in [0.05, 0.1) is 11.6 Å². The van der Waals surface area contributed by atoms with E-state index in [4.69, 9.17) is 16.3 Å². The van der Waals surface area contributed by atoms with Crippen molar-refractivity contribution in [1.29, 1.82) is 0 Å². The first kappa shape index (κ1) is 28.5. The number of aliphatic hydroxyl groups excluding tert-OH is 1. The molecular formula is C32H28ClN3O4S2. The molecule has 10 heteroatoms. The summed E-state index contributed by atoms with van der Waals surface area (Å²) in [6, 6.07) is 19.8. The van der Waals surface area contributed by atoms with Gasteiger partial charge in [-0.05, 0) is 65.4 Å². The average Bonchev–Trinajstić information content (AvgIpc) is 3.67. The lowest BCUT2D eigenvalue weighted by atomic mass is 9.93. The number of anilines is 1. The molecule has 0 aliphatic carbocycles. The van der Waals surface area contributed by atoms with Crippen molar-refractivity contribution in [3.8, 4) is 5.75 Å². The molecule has 3 aromatic carbocycles. The number of Topliss-reactive ketones (excluding diaryl/α,β-unsaturated/α-hetero) is 1. The van der Waals surface area contributed by atoms with Gasteiger partial charge in [-0.2, -0.15) is 0 Å². The van der Waals surface area contributed by atoms with Gasteiger partial charge in [0.1, 0.15) is 17.6 Å². The van der Waals surface area contributed by atoms with Crippen LogP contribution in [-0.4, -0.2) is 33.1 Å². The van der Waals surface area contributed by atoms with Gasteiger partial charge < -0.3 is 9.84 Å². The maximum absolute atomic E-state index is 13.6. The van der Waals surface area contributed by atoms with Crippen LogP contribution in [0, 0.1) is 0 Å². The van der Waals surface area contributed by atoms with E-state index in [-0.39, 0.29) is 17.4 Å². The minimum Gasteiger partial charge on any atom is -0.507 e. The van der Waals surface area contributed by atoms with Gasteiger partial charge in [0.15, 0.2) is 4.34 Å². The highest BCUT2D eigenvalue weighted by Gasteiger charge is 2.48. The van der Waals surface area contributed by atoms with Crippen LogP contribution in [0.4, 0.5) is 5.13 Å². The number of halogens is 1. The van der Waals surface area contributed by atoms with E-state index < -0.39 is 17.7 Å². The maximum Gasteiger partial charge on any atom is 0.301 e. The zero-order valence-electron chi connectivity index (χ0n) is 23.2. The average molecular weight is 618 g/mol. The van der Waals surface area contributed by atoms with Crippen molar-refractivity contribution in [2.75, 3.05) is 4.90 Å². The van der Waals surface area contributed by atoms with Crippen LogP contribution in [0.5, 0.6) is 5.75 Å². The predicted octanol–water partition coefficient (Wildman–Crippen LogP) is 7.56. The van der Waals surface area contributed by atoms with E-state index in [9.17, 15) is 14.7 Å². The Kier molecular flexibility index (Phi) is 7.83. The quantitative estimate of drug-likeness (QED) is 0.0752. The van der Waals surface area contributed by atoms with Gasteiger partial charge in [0.2, 0.25) is 5.13 Å². The van der Waals surface area contributed by atoms with Crippen LogP contribution in [0.25, 0.3) is 5.76 Å². The third-order valence-corrected chi connectivity index (χ3v) is 9.79. The monoisotopic (exact) mass is 617 g/mol. The van der Waals surface area contributed by atoms with E-state index >= 15 is 0 Å². The molecule has 1 N–H and O–H groups in total. The van der Waals surface area contributed by atoms with Gasteiger partial charge in [-0.25, -0.2) is 0 Å². The van der Waals surface area contributed by atoms with E-state index in [0.29, 0.717) is 43.7 Å². The van der Waals surface area contributed by atoms with Crippen LogP contribution in [0.15, 0.2) is 76.6 Å². The molecule has 1 fully saturated rings. The van der Waals surface area contributed by atoms with Crippen molar-refractivity contribution in [3.05, 3.63) is 105 Å². The van der Waals surface area contributed by atoms with Gasteiger partial charge in [-0.1, -0.05) is 84.9 Å². The van der Waals surface area contributed by atoms with Gasteiger partial charge in [-0.15, -0.1) is 10.2 Å². The van der Waals surface area contributed by atoms with E-state index in [1.807, 2.05) is 61.5 Å². The lowest BCUT2D eigenvalue weighted by molar-refractivity contribution is -0.132. The predicted molar refractivity (Wildman–Crippen MR) is 166 cm³/mol. The molecule has 2 atom stereocenters. The molecule has 0 spiro atoms. The lowest BCUT2D eigenvalue weighted by Gasteiger charge is -2.23. The van der Waals surface area contributed by atoms with Crippen LogP contribution in [0.2, 0.25) is 5.02 Å². The minimum atomic E-state index is -0.864. The SMILES string of the molecule is CC(C)c1ccc([C@H]2C(=C(O)c3ccc4c(c3)C[C@H](C)O4)C(=O)C(=O)N2c2nnc(SCc3ccc(Cl)cc3)s2)cc1. The Morgan fingerprint density at radius 3 is 2.55 bits per heavy atom. The van der Waals surface area contributed by atoms with Crippen LogP contribution < -0.4 is 9.64 Å². The second kappa shape index (κ2) is 11.6. The first-order chi connectivity index (χ1) is 20.2. The molecule has 1 saturated heterocycles. The second-order valence-electron chi connectivity index (χ2n) is 10.7. The molecular weight excluding hydrogens is 590 g/mol. The van der Waals surface area contributed by atoms with Crippen molar-refractivity contribution in [3.63, 3.8) is 0 Å². The van der Waals surface area contributed by atoms with E-state index in [0.717, 1.165) is 22.4 Å². The third-order valence-electron chi connectivity index (χ3n) is 7.41. The molecule has 0 radical (unpaired) electrons. The number of aliphatic hydroxyl groups is 1. The fourth-order valence-corrected chi connectivity index (χ4v) is 7.17. The molecule has 0 unspecified atom stereocenters. The highest BCUT2D eigenvalue weighted by atomic mass is 35.5. The molecule has 3 heterocycles. The Balaban J connectivity index is 1.39. The molecule has 0 saturated carbocycles. The van der Waals surface area contributed by atoms with E-state index in [1.165, 1.54) is 28.0 Å². The summed E-state index contributed by atoms with van der Waals surface area (Å²) < 4.78 is 6.46. The van der Waals surface area contributed by atoms with Crippen LogP contribution in [0.1, 0.15) is 60.5 Å². The molecule has 2 aliphatic rings. The van der Waals surface area contributed by atoms with Crippen molar-refractivity contribution < 1.29 is 19.4 Å². The molecule has 6 rings (SSSR count). The zero-order valence-corrected chi connectivity index (χ0v) is 25.6. The number of amides is 1. The number of carbonyl (C=O) groups excluding carboxylic acids is 2. The summed E-state index contributed by atoms with van der Waals surface area (Å²) in [5.74, 6) is -0.0227. The number of aromatic nitrogens is 2. The fraction of sp³-hybridized carbons (Fsp3) is 0.250. The molecule has 1 amide bonds. The molecule has 2 aliphatic heterocycles. The van der Waals surface area contributed by atoms with Crippen molar-refractivity contribution in [1.82, 2.24) is 10.2 Å². The Labute approximate surface area is 257 Å². The van der Waals surface area contributed by atoms with Crippen LogP contribution in [0.3, 0.4) is 0 Å². The number of fused-ring (bicyclic) bond motifs is 1. The van der Waals surface area contributed by atoms with Gasteiger partial charge in [-0.3, -0.25) is 14.5 Å². The summed E-state index contributed by atoms with van der Waals surface area (Å²) in [6.45, 7) is 6.18. The number of ether oxygens (including phenoxy) is 1. The standard InChI is InChI=1S/C32H28ClN3O4S2/c1-17(2)20-6-8-21(9-7-20)27-26(28(37)22-10-13-25-23(15-22)14-18(3)40-25)29(38)30(39)36(27)31-34-35-32(42-31)41-16-19-4-11-24(33)12-5-19/h4-13,15,17-18,27,37H,14,16H2,1-3H3/t18-,27-/m0/s1. The molecule has 7 nitrogen and oxygen atoms in total. The highest BCUT2D eigenvalue weighted by molar-refractivity contribution is 8.00. The molecule has 214 valence electrons. The lowest BCUT2D eigenvalue weighted by Crippen LogP contribution is -2.29. The summed E-state index contributed by atoms with van der Waals surface area (Å²) in [5, 5.41) is 21.1. The molecule has 42 heavy (non-hydrogen) atoms. The number of ketones is 1. The van der Waals surface area contributed by atoms with E-state index in [1.54, 1.807) is 12.1 Å². The number of thioether (sulfide) groups is 1. The Bertz CT molecular complexity index is 1700. The number of hydrogen-bond donors (Lipinski definition) is 1. The smallest absolute Gasteiger partial charge is 0.301 e.